The van der Waals surface area contributed by atoms with Crippen LogP contribution in [0.3, 0.4) is 0 Å². The molecule has 1 atom stereocenters. The number of amides is 1. The van der Waals surface area contributed by atoms with Crippen LogP contribution in [-0.2, 0) is 11.3 Å². The first kappa shape index (κ1) is 16.5. The van der Waals surface area contributed by atoms with Crippen LogP contribution in [0.25, 0.3) is 0 Å². The predicted molar refractivity (Wildman–Crippen MR) is 84.3 cm³/mol. The Kier molecular flexibility index (Phi) is 6.52. The highest BCUT2D eigenvalue weighted by Gasteiger charge is 2.21. The number of hydrogen-bond acceptors (Lipinski definition) is 3. The van der Waals surface area contributed by atoms with Gasteiger partial charge in [0.25, 0.3) is 0 Å². The Balaban J connectivity index is 2.78. The molecule has 0 radical (unpaired) electrons. The highest BCUT2D eigenvalue weighted by atomic mass is 16.2. The van der Waals surface area contributed by atoms with E-state index in [0.29, 0.717) is 6.54 Å². The second-order valence-corrected chi connectivity index (χ2v) is 5.51. The molecule has 0 saturated carbocycles. The zero-order valence-electron chi connectivity index (χ0n) is 13.0. The normalized spacial score (nSPS) is 12.7. The van der Waals surface area contributed by atoms with Crippen LogP contribution in [0.15, 0.2) is 24.3 Å². The molecule has 0 aliphatic rings. The van der Waals surface area contributed by atoms with Crippen LogP contribution in [0.2, 0.25) is 0 Å². The van der Waals surface area contributed by atoms with Gasteiger partial charge in [-0.05, 0) is 45.4 Å². The Morgan fingerprint density at radius 1 is 1.30 bits per heavy atom. The number of para-hydroxylation sites is 1. The summed E-state index contributed by atoms with van der Waals surface area (Å²) >= 11 is 0. The van der Waals surface area contributed by atoms with Gasteiger partial charge in [0.15, 0.2) is 0 Å². The van der Waals surface area contributed by atoms with Crippen LogP contribution in [0.5, 0.6) is 0 Å². The van der Waals surface area contributed by atoms with Crippen molar-refractivity contribution in [3.8, 4) is 0 Å². The zero-order valence-corrected chi connectivity index (χ0v) is 13.0. The molecule has 0 aliphatic heterocycles. The van der Waals surface area contributed by atoms with Crippen molar-refractivity contribution in [1.82, 2.24) is 10.2 Å². The third-order valence-electron chi connectivity index (χ3n) is 3.30. The molecule has 112 valence electrons. The first-order valence-corrected chi connectivity index (χ1v) is 7.33. The number of carbonyl (C=O) groups excluding carboxylic acids is 1. The van der Waals surface area contributed by atoms with Gasteiger partial charge < -0.3 is 11.1 Å². The third-order valence-corrected chi connectivity index (χ3v) is 3.30. The first-order chi connectivity index (χ1) is 9.45. The molecule has 1 unspecified atom stereocenters. The average Bonchev–Trinajstić information content (AvgIpc) is 2.39. The quantitative estimate of drug-likeness (QED) is 0.752. The zero-order chi connectivity index (χ0) is 15.1. The Morgan fingerprint density at radius 3 is 2.50 bits per heavy atom. The van der Waals surface area contributed by atoms with E-state index in [4.69, 9.17) is 5.73 Å². The second kappa shape index (κ2) is 7.90. The number of rotatable bonds is 7. The highest BCUT2D eigenvalue weighted by molar-refractivity contribution is 5.81. The maximum absolute atomic E-state index is 12.2. The molecule has 0 aliphatic carbocycles. The fraction of sp³-hybridized carbons (Fsp3) is 0.562. The lowest BCUT2D eigenvalue weighted by Crippen LogP contribution is -2.47. The van der Waals surface area contributed by atoms with Gasteiger partial charge in [-0.2, -0.15) is 0 Å². The largest absolute Gasteiger partial charge is 0.398 e. The maximum Gasteiger partial charge on any atom is 0.237 e. The number of nitrogens with two attached hydrogens (primary N) is 1. The molecule has 1 aromatic rings. The van der Waals surface area contributed by atoms with Crippen LogP contribution in [-0.4, -0.2) is 29.4 Å². The Labute approximate surface area is 122 Å². The predicted octanol–water partition coefficient (Wildman–Crippen LogP) is 2.39. The first-order valence-electron chi connectivity index (χ1n) is 7.33. The fourth-order valence-electron chi connectivity index (χ4n) is 2.16. The number of benzene rings is 1. The standard InChI is InChI=1S/C16H27N3O/c1-5-10-19(13(4)16(20)18-12(2)3)11-14-8-6-7-9-15(14)17/h6-9,12-13H,5,10-11,17H2,1-4H3,(H,18,20). The van der Waals surface area contributed by atoms with E-state index in [1.807, 2.05) is 45.0 Å². The number of anilines is 1. The fourth-order valence-corrected chi connectivity index (χ4v) is 2.16. The van der Waals surface area contributed by atoms with Crippen molar-refractivity contribution in [3.05, 3.63) is 29.8 Å². The molecule has 0 aromatic heterocycles. The number of nitrogens with one attached hydrogen (secondary N) is 1. The molecule has 0 fully saturated rings. The summed E-state index contributed by atoms with van der Waals surface area (Å²) in [5.41, 5.74) is 7.85. The molecular formula is C16H27N3O. The molecule has 1 amide bonds. The van der Waals surface area contributed by atoms with Gasteiger partial charge in [0.2, 0.25) is 5.91 Å². The van der Waals surface area contributed by atoms with Gasteiger partial charge >= 0.3 is 0 Å². The van der Waals surface area contributed by atoms with Crippen LogP contribution < -0.4 is 11.1 Å². The van der Waals surface area contributed by atoms with Gasteiger partial charge in [0.1, 0.15) is 0 Å². The molecule has 0 heterocycles. The summed E-state index contributed by atoms with van der Waals surface area (Å²) in [5.74, 6) is 0.0722. The van der Waals surface area contributed by atoms with Crippen molar-refractivity contribution in [2.45, 2.75) is 52.7 Å². The topological polar surface area (TPSA) is 58.4 Å². The Morgan fingerprint density at radius 2 is 1.95 bits per heavy atom. The van der Waals surface area contributed by atoms with E-state index >= 15 is 0 Å². The van der Waals surface area contributed by atoms with Crippen molar-refractivity contribution in [1.29, 1.82) is 0 Å². The van der Waals surface area contributed by atoms with Crippen molar-refractivity contribution in [3.63, 3.8) is 0 Å². The molecule has 0 bridgehead atoms. The molecule has 3 N–H and O–H groups in total. The summed E-state index contributed by atoms with van der Waals surface area (Å²) in [6.07, 6.45) is 1.01. The van der Waals surface area contributed by atoms with Crippen LogP contribution in [0.1, 0.15) is 39.7 Å². The summed E-state index contributed by atoms with van der Waals surface area (Å²) < 4.78 is 0. The van der Waals surface area contributed by atoms with Gasteiger partial charge in [0.05, 0.1) is 6.04 Å². The molecule has 1 aromatic carbocycles. The summed E-state index contributed by atoms with van der Waals surface area (Å²) in [6, 6.07) is 7.84. The minimum atomic E-state index is -0.156. The lowest BCUT2D eigenvalue weighted by atomic mass is 10.1. The minimum absolute atomic E-state index is 0.0722. The summed E-state index contributed by atoms with van der Waals surface area (Å²) in [4.78, 5) is 14.3. The highest BCUT2D eigenvalue weighted by Crippen LogP contribution is 2.15. The van der Waals surface area contributed by atoms with E-state index in [9.17, 15) is 4.79 Å². The molecule has 0 saturated heterocycles. The Hall–Kier alpha value is -1.55. The summed E-state index contributed by atoms with van der Waals surface area (Å²) in [7, 11) is 0. The van der Waals surface area contributed by atoms with Crippen LogP contribution in [0.4, 0.5) is 5.69 Å². The van der Waals surface area contributed by atoms with Crippen molar-refractivity contribution in [2.75, 3.05) is 12.3 Å². The van der Waals surface area contributed by atoms with E-state index in [1.165, 1.54) is 0 Å². The molecule has 4 heteroatoms. The summed E-state index contributed by atoms with van der Waals surface area (Å²) in [5, 5.41) is 2.97. The minimum Gasteiger partial charge on any atom is -0.398 e. The number of nitrogen functional groups attached to an aromatic ring is 1. The number of carbonyl (C=O) groups is 1. The number of nitrogens with zero attached hydrogens (tertiary/aromatic N) is 1. The van der Waals surface area contributed by atoms with E-state index in [0.717, 1.165) is 24.2 Å². The number of hydrogen-bond donors (Lipinski definition) is 2. The lowest BCUT2D eigenvalue weighted by Gasteiger charge is -2.29. The summed E-state index contributed by atoms with van der Waals surface area (Å²) in [6.45, 7) is 9.60. The van der Waals surface area contributed by atoms with E-state index in [1.54, 1.807) is 0 Å². The molecular weight excluding hydrogens is 250 g/mol. The molecule has 0 spiro atoms. The van der Waals surface area contributed by atoms with Crippen LogP contribution >= 0.6 is 0 Å². The van der Waals surface area contributed by atoms with Gasteiger partial charge in [-0.3, -0.25) is 9.69 Å². The van der Waals surface area contributed by atoms with Gasteiger partial charge in [-0.15, -0.1) is 0 Å². The van der Waals surface area contributed by atoms with Gasteiger partial charge in [-0.1, -0.05) is 25.1 Å². The smallest absolute Gasteiger partial charge is 0.237 e. The van der Waals surface area contributed by atoms with E-state index in [-0.39, 0.29) is 18.0 Å². The van der Waals surface area contributed by atoms with Crippen molar-refractivity contribution < 1.29 is 4.79 Å². The van der Waals surface area contributed by atoms with Crippen molar-refractivity contribution >= 4 is 11.6 Å². The lowest BCUT2D eigenvalue weighted by molar-refractivity contribution is -0.126. The average molecular weight is 277 g/mol. The monoisotopic (exact) mass is 277 g/mol. The van der Waals surface area contributed by atoms with E-state index < -0.39 is 0 Å². The third kappa shape index (κ3) is 4.85. The maximum atomic E-state index is 12.2. The molecule has 4 nitrogen and oxygen atoms in total. The second-order valence-electron chi connectivity index (χ2n) is 5.51. The molecule has 20 heavy (non-hydrogen) atoms. The van der Waals surface area contributed by atoms with Gasteiger partial charge in [-0.25, -0.2) is 0 Å². The molecule has 1 rings (SSSR count). The Bertz CT molecular complexity index is 431. The van der Waals surface area contributed by atoms with Crippen molar-refractivity contribution in [2.24, 2.45) is 0 Å². The van der Waals surface area contributed by atoms with E-state index in [2.05, 4.69) is 17.1 Å². The van der Waals surface area contributed by atoms with Crippen LogP contribution in [0, 0.1) is 0 Å². The SMILES string of the molecule is CCCN(Cc1ccccc1N)C(C)C(=O)NC(C)C. The van der Waals surface area contributed by atoms with Gasteiger partial charge in [0, 0.05) is 18.3 Å².